The number of halogens is 3. The average molecular weight is 255 g/mol. The van der Waals surface area contributed by atoms with Gasteiger partial charge in [0.25, 0.3) is 0 Å². The molecule has 0 aliphatic carbocycles. The molecule has 7 heteroatoms. The smallest absolute Gasteiger partial charge is 0.181 e. The molecule has 0 spiro atoms. The van der Waals surface area contributed by atoms with Crippen molar-refractivity contribution >= 4 is 5.69 Å². The van der Waals surface area contributed by atoms with Crippen molar-refractivity contribution in [3.05, 3.63) is 28.6 Å². The van der Waals surface area contributed by atoms with Crippen LogP contribution in [0, 0.1) is 40.1 Å². The molecule has 0 atom stereocenters. The number of nitriles is 2. The summed E-state index contributed by atoms with van der Waals surface area (Å²) in [5, 5.41) is 28.1. The average Bonchev–Trinajstić information content (AvgIpc) is 2.36. The minimum absolute atomic E-state index is 0.0536. The molecule has 18 heavy (non-hydrogen) atoms. The van der Waals surface area contributed by atoms with Gasteiger partial charge < -0.3 is 10.4 Å². The summed E-state index contributed by atoms with van der Waals surface area (Å²) in [6.45, 7) is -0.136. The first-order valence-corrected chi connectivity index (χ1v) is 4.93. The molecule has 0 bridgehead atoms. The molecule has 0 aliphatic rings. The maximum absolute atomic E-state index is 13.7. The summed E-state index contributed by atoms with van der Waals surface area (Å²) in [5.41, 5.74) is -2.48. The van der Waals surface area contributed by atoms with Crippen molar-refractivity contribution < 1.29 is 18.3 Å². The maximum Gasteiger partial charge on any atom is 0.181 e. The van der Waals surface area contributed by atoms with E-state index in [1.54, 1.807) is 0 Å². The Bertz CT molecular complexity index is 546. The van der Waals surface area contributed by atoms with Crippen molar-refractivity contribution in [3.8, 4) is 12.1 Å². The molecule has 1 aromatic carbocycles. The van der Waals surface area contributed by atoms with E-state index in [1.165, 1.54) is 12.1 Å². The molecule has 0 aliphatic heterocycles. The standard InChI is InChI=1S/C11H8F3N3O/c12-8-6(4-15)10(14)11(17-2-1-3-18)7(5-16)9(8)13/h17-18H,1-3H2. The second kappa shape index (κ2) is 5.89. The summed E-state index contributed by atoms with van der Waals surface area (Å²) >= 11 is 0. The van der Waals surface area contributed by atoms with Gasteiger partial charge in [0.05, 0.1) is 5.69 Å². The van der Waals surface area contributed by atoms with Crippen LogP contribution in [-0.2, 0) is 0 Å². The first-order chi connectivity index (χ1) is 8.58. The highest BCUT2D eigenvalue weighted by molar-refractivity contribution is 5.63. The Balaban J connectivity index is 3.36. The molecule has 0 heterocycles. The van der Waals surface area contributed by atoms with E-state index in [1.807, 2.05) is 0 Å². The van der Waals surface area contributed by atoms with E-state index < -0.39 is 34.3 Å². The van der Waals surface area contributed by atoms with Gasteiger partial charge in [-0.1, -0.05) is 0 Å². The van der Waals surface area contributed by atoms with E-state index in [-0.39, 0.29) is 19.6 Å². The number of hydrogen-bond acceptors (Lipinski definition) is 4. The molecule has 0 saturated carbocycles. The third-order valence-electron chi connectivity index (χ3n) is 2.18. The Morgan fingerprint density at radius 3 is 2.06 bits per heavy atom. The summed E-state index contributed by atoms with van der Waals surface area (Å²) in [5.74, 6) is -4.56. The lowest BCUT2D eigenvalue weighted by molar-refractivity contribution is 0.292. The fraction of sp³-hybridized carbons (Fsp3) is 0.273. The molecular weight excluding hydrogens is 247 g/mol. The Morgan fingerprint density at radius 1 is 1.00 bits per heavy atom. The highest BCUT2D eigenvalue weighted by Gasteiger charge is 2.24. The lowest BCUT2D eigenvalue weighted by atomic mass is 10.1. The predicted octanol–water partition coefficient (Wildman–Crippen LogP) is 1.64. The van der Waals surface area contributed by atoms with Gasteiger partial charge in [0.15, 0.2) is 17.5 Å². The Morgan fingerprint density at radius 2 is 1.56 bits per heavy atom. The highest BCUT2D eigenvalue weighted by atomic mass is 19.2. The van der Waals surface area contributed by atoms with Crippen LogP contribution in [0.1, 0.15) is 17.5 Å². The van der Waals surface area contributed by atoms with Crippen LogP contribution in [0.4, 0.5) is 18.9 Å². The van der Waals surface area contributed by atoms with Crippen molar-refractivity contribution in [2.24, 2.45) is 0 Å². The molecule has 4 nitrogen and oxygen atoms in total. The molecule has 0 unspecified atom stereocenters. The van der Waals surface area contributed by atoms with Crippen LogP contribution in [0.15, 0.2) is 0 Å². The van der Waals surface area contributed by atoms with Crippen molar-refractivity contribution in [1.82, 2.24) is 0 Å². The summed E-state index contributed by atoms with van der Waals surface area (Å²) in [7, 11) is 0. The van der Waals surface area contributed by atoms with E-state index in [2.05, 4.69) is 5.32 Å². The van der Waals surface area contributed by atoms with E-state index in [0.29, 0.717) is 0 Å². The molecule has 0 amide bonds. The zero-order valence-electron chi connectivity index (χ0n) is 9.10. The maximum atomic E-state index is 13.7. The molecule has 0 saturated heterocycles. The first kappa shape index (κ1) is 13.8. The van der Waals surface area contributed by atoms with Gasteiger partial charge in [-0.05, 0) is 6.42 Å². The highest BCUT2D eigenvalue weighted by Crippen LogP contribution is 2.28. The van der Waals surface area contributed by atoms with E-state index in [4.69, 9.17) is 15.6 Å². The minimum Gasteiger partial charge on any atom is -0.396 e. The van der Waals surface area contributed by atoms with E-state index in [9.17, 15) is 13.2 Å². The molecule has 94 valence electrons. The third-order valence-corrected chi connectivity index (χ3v) is 2.18. The Hall–Kier alpha value is -2.25. The number of aliphatic hydroxyl groups excluding tert-OH is 1. The molecule has 0 aromatic heterocycles. The molecule has 0 radical (unpaired) electrons. The number of anilines is 1. The summed E-state index contributed by atoms with van der Waals surface area (Å²) < 4.78 is 40.3. The van der Waals surface area contributed by atoms with Crippen LogP contribution >= 0.6 is 0 Å². The summed E-state index contributed by atoms with van der Waals surface area (Å²) in [4.78, 5) is 0. The van der Waals surface area contributed by atoms with Gasteiger partial charge in [0, 0.05) is 13.2 Å². The largest absolute Gasteiger partial charge is 0.396 e. The Kier molecular flexibility index (Phi) is 4.52. The lowest BCUT2D eigenvalue weighted by Gasteiger charge is -2.11. The van der Waals surface area contributed by atoms with Crippen molar-refractivity contribution in [2.75, 3.05) is 18.5 Å². The number of hydrogen-bond donors (Lipinski definition) is 2. The molecule has 2 N–H and O–H groups in total. The second-order valence-electron chi connectivity index (χ2n) is 3.29. The fourth-order valence-corrected chi connectivity index (χ4v) is 1.32. The Labute approximate surface area is 101 Å². The number of aliphatic hydroxyl groups is 1. The van der Waals surface area contributed by atoms with Gasteiger partial charge >= 0.3 is 0 Å². The van der Waals surface area contributed by atoms with Gasteiger partial charge in [0.1, 0.15) is 23.3 Å². The van der Waals surface area contributed by atoms with E-state index in [0.717, 1.165) is 0 Å². The van der Waals surface area contributed by atoms with Gasteiger partial charge in [-0.25, -0.2) is 13.2 Å². The van der Waals surface area contributed by atoms with Crippen molar-refractivity contribution in [1.29, 1.82) is 10.5 Å². The van der Waals surface area contributed by atoms with Crippen LogP contribution in [0.3, 0.4) is 0 Å². The SMILES string of the molecule is N#Cc1c(F)c(F)c(C#N)c(NCCCO)c1F. The monoisotopic (exact) mass is 255 g/mol. The fourth-order valence-electron chi connectivity index (χ4n) is 1.32. The summed E-state index contributed by atoms with van der Waals surface area (Å²) in [6, 6.07) is 2.53. The quantitative estimate of drug-likeness (QED) is 0.633. The molecule has 1 rings (SSSR count). The number of rotatable bonds is 4. The van der Waals surface area contributed by atoms with Gasteiger partial charge in [-0.15, -0.1) is 0 Å². The van der Waals surface area contributed by atoms with Gasteiger partial charge in [-0.2, -0.15) is 10.5 Å². The number of nitrogens with zero attached hydrogens (tertiary/aromatic N) is 2. The van der Waals surface area contributed by atoms with Crippen LogP contribution in [0.5, 0.6) is 0 Å². The zero-order chi connectivity index (χ0) is 13.7. The first-order valence-electron chi connectivity index (χ1n) is 4.93. The minimum atomic E-state index is -1.68. The van der Waals surface area contributed by atoms with Crippen molar-refractivity contribution in [3.63, 3.8) is 0 Å². The van der Waals surface area contributed by atoms with Crippen LogP contribution in [0.25, 0.3) is 0 Å². The molecule has 1 aromatic rings. The number of benzene rings is 1. The van der Waals surface area contributed by atoms with Gasteiger partial charge in [-0.3, -0.25) is 0 Å². The topological polar surface area (TPSA) is 79.8 Å². The predicted molar refractivity (Wildman–Crippen MR) is 55.9 cm³/mol. The van der Waals surface area contributed by atoms with Crippen LogP contribution in [0.2, 0.25) is 0 Å². The van der Waals surface area contributed by atoms with E-state index >= 15 is 0 Å². The molecular formula is C11H8F3N3O. The van der Waals surface area contributed by atoms with Crippen LogP contribution in [-0.4, -0.2) is 18.3 Å². The van der Waals surface area contributed by atoms with Crippen molar-refractivity contribution in [2.45, 2.75) is 6.42 Å². The summed E-state index contributed by atoms with van der Waals surface area (Å²) in [6.07, 6.45) is 0.227. The van der Waals surface area contributed by atoms with Crippen LogP contribution < -0.4 is 5.32 Å². The number of nitrogens with one attached hydrogen (secondary N) is 1. The third kappa shape index (κ3) is 2.36. The van der Waals surface area contributed by atoms with Gasteiger partial charge in [0.2, 0.25) is 0 Å². The zero-order valence-corrected chi connectivity index (χ0v) is 9.10. The lowest BCUT2D eigenvalue weighted by Crippen LogP contribution is -2.11. The molecule has 0 fully saturated rings. The second-order valence-corrected chi connectivity index (χ2v) is 3.29. The normalized spacial score (nSPS) is 9.67.